The lowest BCUT2D eigenvalue weighted by molar-refractivity contribution is 0.0950. The van der Waals surface area contributed by atoms with E-state index >= 15 is 0 Å². The van der Waals surface area contributed by atoms with Crippen molar-refractivity contribution in [2.24, 2.45) is 0 Å². The van der Waals surface area contributed by atoms with Crippen molar-refractivity contribution in [2.45, 2.75) is 6.42 Å². The fraction of sp³-hybridized carbons (Fsp3) is 0.200. The molecule has 0 aliphatic rings. The van der Waals surface area contributed by atoms with Gasteiger partial charge in [0.15, 0.2) is 11.6 Å². The lowest BCUT2D eigenvalue weighted by Crippen LogP contribution is -2.26. The summed E-state index contributed by atoms with van der Waals surface area (Å²) in [7, 11) is 1.45. The Labute approximate surface area is 131 Å². The summed E-state index contributed by atoms with van der Waals surface area (Å²) in [5.74, 6) is -1.94. The van der Waals surface area contributed by atoms with Gasteiger partial charge in [0.2, 0.25) is 0 Å². The average Bonchev–Trinajstić information content (AvgIpc) is 2.52. The van der Waals surface area contributed by atoms with E-state index in [-0.39, 0.29) is 23.9 Å². The second-order valence-corrected chi connectivity index (χ2v) is 4.85. The van der Waals surface area contributed by atoms with Crippen molar-refractivity contribution in [3.05, 3.63) is 58.4 Å². The summed E-state index contributed by atoms with van der Waals surface area (Å²) in [5.41, 5.74) is 0.709. The molecule has 0 aliphatic heterocycles. The molecule has 1 aromatic carbocycles. The monoisotopic (exact) mass is 326 g/mol. The molecule has 0 fully saturated rings. The molecule has 4 nitrogen and oxygen atoms in total. The lowest BCUT2D eigenvalue weighted by Gasteiger charge is -2.09. The van der Waals surface area contributed by atoms with Crippen molar-refractivity contribution in [3.63, 3.8) is 0 Å². The average molecular weight is 327 g/mol. The number of pyridine rings is 1. The minimum absolute atomic E-state index is 0.118. The number of carbonyl (C=O) groups is 1. The van der Waals surface area contributed by atoms with Crippen molar-refractivity contribution in [2.75, 3.05) is 13.7 Å². The van der Waals surface area contributed by atoms with Crippen LogP contribution < -0.4 is 10.1 Å². The van der Waals surface area contributed by atoms with E-state index in [2.05, 4.69) is 10.3 Å². The van der Waals surface area contributed by atoms with Crippen LogP contribution in [0.25, 0.3) is 0 Å². The number of nitrogens with one attached hydrogen (secondary N) is 1. The van der Waals surface area contributed by atoms with Gasteiger partial charge in [0, 0.05) is 24.0 Å². The van der Waals surface area contributed by atoms with Gasteiger partial charge >= 0.3 is 0 Å². The van der Waals surface area contributed by atoms with Gasteiger partial charge in [-0.1, -0.05) is 11.6 Å². The number of methoxy groups -OCH3 is 1. The number of carbonyl (C=O) groups excluding carboxylic acids is 1. The first-order chi connectivity index (χ1) is 10.5. The molecule has 1 amide bonds. The molecule has 0 radical (unpaired) electrons. The van der Waals surface area contributed by atoms with Crippen molar-refractivity contribution < 1.29 is 18.3 Å². The molecule has 2 rings (SSSR count). The molecule has 1 aromatic heterocycles. The van der Waals surface area contributed by atoms with Gasteiger partial charge in [-0.15, -0.1) is 0 Å². The van der Waals surface area contributed by atoms with Gasteiger partial charge < -0.3 is 10.1 Å². The minimum atomic E-state index is -1.00. The molecule has 0 aliphatic carbocycles. The zero-order valence-corrected chi connectivity index (χ0v) is 12.5. The maximum atomic E-state index is 13.2. The Kier molecular flexibility index (Phi) is 5.27. The summed E-state index contributed by atoms with van der Waals surface area (Å²) in [6.45, 7) is 0.210. The molecular weight excluding hydrogens is 314 g/mol. The van der Waals surface area contributed by atoms with Crippen LogP contribution in [0, 0.1) is 11.6 Å². The highest BCUT2D eigenvalue weighted by atomic mass is 35.5. The summed E-state index contributed by atoms with van der Waals surface area (Å²) >= 11 is 5.83. The minimum Gasteiger partial charge on any atom is -0.496 e. The first-order valence-corrected chi connectivity index (χ1v) is 6.80. The van der Waals surface area contributed by atoms with Crippen LogP contribution in [-0.2, 0) is 6.42 Å². The van der Waals surface area contributed by atoms with Crippen LogP contribution in [0.2, 0.25) is 5.02 Å². The van der Waals surface area contributed by atoms with Crippen LogP contribution in [0.5, 0.6) is 5.75 Å². The van der Waals surface area contributed by atoms with E-state index in [0.717, 1.165) is 12.1 Å². The zero-order chi connectivity index (χ0) is 16.1. The molecule has 0 bridgehead atoms. The quantitative estimate of drug-likeness (QED) is 0.859. The Hall–Kier alpha value is -2.21. The normalized spacial score (nSPS) is 10.4. The van der Waals surface area contributed by atoms with Crippen LogP contribution in [0.1, 0.15) is 15.9 Å². The van der Waals surface area contributed by atoms with Crippen LogP contribution in [-0.4, -0.2) is 24.5 Å². The highest BCUT2D eigenvalue weighted by Crippen LogP contribution is 2.20. The molecule has 0 spiro atoms. The van der Waals surface area contributed by atoms with Crippen LogP contribution in [0.4, 0.5) is 8.78 Å². The fourth-order valence-corrected chi connectivity index (χ4v) is 2.14. The van der Waals surface area contributed by atoms with Gasteiger partial charge in [0.1, 0.15) is 5.75 Å². The van der Waals surface area contributed by atoms with Gasteiger partial charge in [-0.2, -0.15) is 0 Å². The van der Waals surface area contributed by atoms with E-state index in [0.29, 0.717) is 16.9 Å². The van der Waals surface area contributed by atoms with Crippen molar-refractivity contribution in [1.82, 2.24) is 10.3 Å². The number of amides is 1. The van der Waals surface area contributed by atoms with Crippen molar-refractivity contribution in [1.29, 1.82) is 0 Å². The predicted molar refractivity (Wildman–Crippen MR) is 78.2 cm³/mol. The van der Waals surface area contributed by atoms with Gasteiger partial charge in [-0.3, -0.25) is 9.78 Å². The summed E-state index contributed by atoms with van der Waals surface area (Å²) in [6, 6.07) is 3.51. The Balaban J connectivity index is 1.99. The number of rotatable bonds is 5. The molecule has 22 heavy (non-hydrogen) atoms. The molecule has 116 valence electrons. The number of hydrogen-bond donors (Lipinski definition) is 1. The first kappa shape index (κ1) is 16.2. The van der Waals surface area contributed by atoms with Crippen LogP contribution >= 0.6 is 11.6 Å². The van der Waals surface area contributed by atoms with Crippen LogP contribution in [0.3, 0.4) is 0 Å². The zero-order valence-electron chi connectivity index (χ0n) is 11.7. The fourth-order valence-electron chi connectivity index (χ4n) is 1.89. The van der Waals surface area contributed by atoms with Gasteiger partial charge in [-0.25, -0.2) is 8.78 Å². The summed E-state index contributed by atoms with van der Waals surface area (Å²) in [4.78, 5) is 15.9. The summed E-state index contributed by atoms with van der Waals surface area (Å²) < 4.78 is 31.2. The summed E-state index contributed by atoms with van der Waals surface area (Å²) in [5, 5.41) is 2.77. The number of nitrogens with zero attached hydrogens (tertiary/aromatic N) is 1. The Morgan fingerprint density at radius 2 is 2.09 bits per heavy atom. The number of benzene rings is 1. The molecule has 2 aromatic rings. The maximum Gasteiger partial charge on any atom is 0.256 e. The third-order valence-corrected chi connectivity index (χ3v) is 3.37. The third kappa shape index (κ3) is 3.71. The third-order valence-electron chi connectivity index (χ3n) is 3.01. The molecule has 1 N–H and O–H groups in total. The second-order valence-electron chi connectivity index (χ2n) is 4.44. The van der Waals surface area contributed by atoms with E-state index in [1.54, 1.807) is 6.07 Å². The van der Waals surface area contributed by atoms with Gasteiger partial charge in [0.05, 0.1) is 12.7 Å². The SMILES string of the molecule is COc1ccncc1C(=O)NCCc1cc(F)c(F)cc1Cl. The molecule has 1 heterocycles. The number of aromatic nitrogens is 1. The number of hydrogen-bond acceptors (Lipinski definition) is 3. The van der Waals surface area contributed by atoms with E-state index in [9.17, 15) is 13.6 Å². The summed E-state index contributed by atoms with van der Waals surface area (Å²) in [6.07, 6.45) is 3.17. The standard InChI is InChI=1S/C15H13ClF2N2O2/c1-22-14-3-4-19-8-10(14)15(21)20-5-2-9-6-12(17)13(18)7-11(9)16/h3-4,6-8H,2,5H2,1H3,(H,20,21). The molecule has 7 heteroatoms. The predicted octanol–water partition coefficient (Wildman–Crippen LogP) is 2.99. The smallest absolute Gasteiger partial charge is 0.256 e. The lowest BCUT2D eigenvalue weighted by atomic mass is 10.1. The Morgan fingerprint density at radius 3 is 2.82 bits per heavy atom. The highest BCUT2D eigenvalue weighted by molar-refractivity contribution is 6.31. The van der Waals surface area contributed by atoms with Crippen molar-refractivity contribution >= 4 is 17.5 Å². The van der Waals surface area contributed by atoms with Crippen molar-refractivity contribution in [3.8, 4) is 5.75 Å². The molecule has 0 atom stereocenters. The van der Waals surface area contributed by atoms with Gasteiger partial charge in [0.25, 0.3) is 5.91 Å². The molecule has 0 unspecified atom stereocenters. The highest BCUT2D eigenvalue weighted by Gasteiger charge is 2.13. The van der Waals surface area contributed by atoms with Gasteiger partial charge in [-0.05, 0) is 30.2 Å². The molecule has 0 saturated heterocycles. The Morgan fingerprint density at radius 1 is 1.36 bits per heavy atom. The topological polar surface area (TPSA) is 51.2 Å². The first-order valence-electron chi connectivity index (χ1n) is 6.42. The largest absolute Gasteiger partial charge is 0.496 e. The van der Waals surface area contributed by atoms with E-state index in [1.807, 2.05) is 0 Å². The van der Waals surface area contributed by atoms with E-state index in [1.165, 1.54) is 19.5 Å². The number of halogens is 3. The van der Waals surface area contributed by atoms with E-state index in [4.69, 9.17) is 16.3 Å². The molecule has 0 saturated carbocycles. The Bertz CT molecular complexity index is 695. The number of ether oxygens (including phenoxy) is 1. The molecular formula is C15H13ClF2N2O2. The maximum absolute atomic E-state index is 13.2. The second kappa shape index (κ2) is 7.17. The van der Waals surface area contributed by atoms with E-state index < -0.39 is 11.6 Å². The van der Waals surface area contributed by atoms with Crippen LogP contribution in [0.15, 0.2) is 30.6 Å².